The summed E-state index contributed by atoms with van der Waals surface area (Å²) in [5, 5.41) is 0. The van der Waals surface area contributed by atoms with Gasteiger partial charge in [-0.3, -0.25) is 0 Å². The van der Waals surface area contributed by atoms with Crippen LogP contribution in [-0.2, 0) is 25.4 Å². The second-order valence-corrected chi connectivity index (χ2v) is 12.8. The van der Waals surface area contributed by atoms with Crippen LogP contribution in [0.1, 0.15) is 72.9 Å². The summed E-state index contributed by atoms with van der Waals surface area (Å²) in [4.78, 5) is 5.06. The van der Waals surface area contributed by atoms with Gasteiger partial charge in [0.05, 0.1) is 50.8 Å². The molecule has 4 atom stereocenters. The van der Waals surface area contributed by atoms with Crippen LogP contribution in [0.5, 0.6) is 0 Å². The van der Waals surface area contributed by atoms with E-state index in [2.05, 4.69) is 75.6 Å². The van der Waals surface area contributed by atoms with Crippen LogP contribution in [0.4, 0.5) is 11.4 Å². The minimum Gasteiger partial charge on any atom is -0.371 e. The van der Waals surface area contributed by atoms with Crippen molar-refractivity contribution < 1.29 is 18.9 Å². The first-order chi connectivity index (χ1) is 18.7. The number of aryl methyl sites for hydroxylation is 2. The Bertz CT molecular complexity index is 1060. The molecule has 4 fully saturated rings. The van der Waals surface area contributed by atoms with E-state index in [1.165, 1.54) is 44.8 Å². The molecule has 4 aliphatic rings. The monoisotopic (exact) mass is 534 g/mol. The van der Waals surface area contributed by atoms with Crippen LogP contribution in [-0.4, -0.2) is 77.0 Å². The van der Waals surface area contributed by atoms with E-state index in [4.69, 9.17) is 18.9 Å². The first-order valence-corrected chi connectivity index (χ1v) is 15.0. The van der Waals surface area contributed by atoms with Crippen LogP contribution in [0.15, 0.2) is 24.3 Å². The summed E-state index contributed by atoms with van der Waals surface area (Å²) < 4.78 is 22.5. The highest BCUT2D eigenvalue weighted by atomic mass is 16.6. The number of anilines is 2. The van der Waals surface area contributed by atoms with Crippen LogP contribution >= 0.6 is 0 Å². The highest BCUT2D eigenvalue weighted by Gasteiger charge is 2.34. The fraction of sp³-hybridized carbons (Fsp3) is 0.636. The average molecular weight is 535 g/mol. The molecule has 2 aromatic carbocycles. The molecule has 4 aliphatic heterocycles. The Balaban J connectivity index is 1.29. The molecule has 4 heterocycles. The van der Waals surface area contributed by atoms with Crippen LogP contribution < -0.4 is 9.80 Å². The van der Waals surface area contributed by atoms with E-state index in [-0.39, 0.29) is 0 Å². The number of rotatable bonds is 14. The molecule has 0 aromatic heterocycles. The molecule has 2 aromatic rings. The Morgan fingerprint density at radius 1 is 0.590 bits per heavy atom. The third-order valence-corrected chi connectivity index (χ3v) is 8.37. The number of hydrogen-bond donors (Lipinski definition) is 0. The third-order valence-electron chi connectivity index (χ3n) is 8.37. The summed E-state index contributed by atoms with van der Waals surface area (Å²) in [6, 6.07) is 9.74. The Morgan fingerprint density at radius 2 is 0.897 bits per heavy atom. The van der Waals surface area contributed by atoms with E-state index in [1.54, 1.807) is 0 Å². The molecule has 0 N–H and O–H groups in total. The Labute approximate surface area is 234 Å². The normalized spacial score (nSPS) is 24.8. The van der Waals surface area contributed by atoms with Gasteiger partial charge in [-0.25, -0.2) is 0 Å². The van der Waals surface area contributed by atoms with Crippen molar-refractivity contribution in [3.05, 3.63) is 57.6 Å². The largest absolute Gasteiger partial charge is 0.371 e. The minimum atomic E-state index is 0.358. The lowest BCUT2D eigenvalue weighted by molar-refractivity contribution is 0.388. The van der Waals surface area contributed by atoms with Crippen molar-refractivity contribution in [3.63, 3.8) is 0 Å². The zero-order valence-electron chi connectivity index (χ0n) is 24.7. The Kier molecular flexibility index (Phi) is 7.66. The van der Waals surface area contributed by atoms with Gasteiger partial charge in [0.25, 0.3) is 0 Å². The number of hydrogen-bond acceptors (Lipinski definition) is 6. The standard InChI is InChI=1S/C33H46N2O4/c1-20(2)30-10-24(7-22(5)32(30)34(12-26-16-36-26)13-27-17-37-27)9-25-8-23(6)33(31(11-25)21(3)4)35(14-28-18-38-28)15-29-19-39-29/h7-8,10-11,20-21,26-29H,9,12-19H2,1-6H3. The fourth-order valence-electron chi connectivity index (χ4n) is 6.14. The van der Waals surface area contributed by atoms with Crippen LogP contribution in [0.25, 0.3) is 0 Å². The molecule has 0 aliphatic carbocycles. The first kappa shape index (κ1) is 27.1. The van der Waals surface area contributed by atoms with Crippen LogP contribution in [0, 0.1) is 13.8 Å². The summed E-state index contributed by atoms with van der Waals surface area (Å²) in [5.41, 5.74) is 11.1. The highest BCUT2D eigenvalue weighted by Crippen LogP contribution is 2.38. The molecule has 0 bridgehead atoms. The quantitative estimate of drug-likeness (QED) is 0.305. The van der Waals surface area contributed by atoms with Gasteiger partial charge in [-0.15, -0.1) is 0 Å². The smallest absolute Gasteiger partial charge is 0.0984 e. The number of epoxide rings is 4. The van der Waals surface area contributed by atoms with Gasteiger partial charge in [-0.05, 0) is 65.5 Å². The van der Waals surface area contributed by atoms with Gasteiger partial charge in [-0.2, -0.15) is 0 Å². The molecule has 0 spiro atoms. The van der Waals surface area contributed by atoms with E-state index in [0.29, 0.717) is 36.3 Å². The van der Waals surface area contributed by atoms with Crippen molar-refractivity contribution in [1.82, 2.24) is 0 Å². The molecule has 6 heteroatoms. The molecule has 0 saturated carbocycles. The topological polar surface area (TPSA) is 56.6 Å². The van der Waals surface area contributed by atoms with Gasteiger partial charge in [0.2, 0.25) is 0 Å². The third kappa shape index (κ3) is 6.79. The van der Waals surface area contributed by atoms with E-state index in [0.717, 1.165) is 59.0 Å². The highest BCUT2D eigenvalue weighted by molar-refractivity contribution is 5.65. The molecular formula is C33H46N2O4. The molecule has 6 rings (SSSR count). The molecule has 0 amide bonds. The van der Waals surface area contributed by atoms with Gasteiger partial charge in [0.1, 0.15) is 0 Å². The molecule has 212 valence electrons. The minimum absolute atomic E-state index is 0.358. The lowest BCUT2D eigenvalue weighted by atomic mass is 9.89. The van der Waals surface area contributed by atoms with Crippen LogP contribution in [0.2, 0.25) is 0 Å². The molecule has 6 nitrogen and oxygen atoms in total. The summed E-state index contributed by atoms with van der Waals surface area (Å²) >= 11 is 0. The molecule has 39 heavy (non-hydrogen) atoms. The second kappa shape index (κ2) is 11.0. The van der Waals surface area contributed by atoms with E-state index in [9.17, 15) is 0 Å². The second-order valence-electron chi connectivity index (χ2n) is 12.8. The van der Waals surface area contributed by atoms with Crippen molar-refractivity contribution in [2.45, 2.75) is 84.2 Å². The first-order valence-electron chi connectivity index (χ1n) is 15.0. The van der Waals surface area contributed by atoms with Gasteiger partial charge in [0.15, 0.2) is 0 Å². The summed E-state index contributed by atoms with van der Waals surface area (Å²) in [6.07, 6.45) is 2.37. The maximum atomic E-state index is 5.62. The van der Waals surface area contributed by atoms with Gasteiger partial charge in [-0.1, -0.05) is 52.0 Å². The average Bonchev–Trinajstić information content (AvgIpc) is 3.69. The van der Waals surface area contributed by atoms with Crippen molar-refractivity contribution in [2.24, 2.45) is 0 Å². The lowest BCUT2D eigenvalue weighted by Gasteiger charge is -2.31. The Hall–Kier alpha value is -2.12. The van der Waals surface area contributed by atoms with Gasteiger partial charge in [0, 0.05) is 37.6 Å². The Morgan fingerprint density at radius 3 is 1.15 bits per heavy atom. The summed E-state index contributed by atoms with van der Waals surface area (Å²) in [6.45, 7) is 21.2. The predicted octanol–water partition coefficient (Wildman–Crippen LogP) is 5.35. The molecular weight excluding hydrogens is 488 g/mol. The molecule has 4 saturated heterocycles. The zero-order valence-corrected chi connectivity index (χ0v) is 24.7. The van der Waals surface area contributed by atoms with Crippen molar-refractivity contribution in [3.8, 4) is 0 Å². The van der Waals surface area contributed by atoms with E-state index in [1.807, 2.05) is 0 Å². The number of nitrogens with zero attached hydrogens (tertiary/aromatic N) is 2. The number of ether oxygens (including phenoxy) is 4. The van der Waals surface area contributed by atoms with Crippen molar-refractivity contribution in [1.29, 1.82) is 0 Å². The van der Waals surface area contributed by atoms with E-state index >= 15 is 0 Å². The van der Waals surface area contributed by atoms with E-state index < -0.39 is 0 Å². The maximum Gasteiger partial charge on any atom is 0.0984 e. The lowest BCUT2D eigenvalue weighted by Crippen LogP contribution is -2.33. The zero-order chi connectivity index (χ0) is 27.3. The van der Waals surface area contributed by atoms with Crippen molar-refractivity contribution in [2.75, 3.05) is 62.4 Å². The van der Waals surface area contributed by atoms with Gasteiger partial charge < -0.3 is 28.7 Å². The number of benzene rings is 2. The summed E-state index contributed by atoms with van der Waals surface area (Å²) in [5.74, 6) is 0.888. The predicted molar refractivity (Wildman–Crippen MR) is 157 cm³/mol. The van der Waals surface area contributed by atoms with Crippen molar-refractivity contribution >= 4 is 11.4 Å². The maximum absolute atomic E-state index is 5.62. The summed E-state index contributed by atoms with van der Waals surface area (Å²) in [7, 11) is 0. The van der Waals surface area contributed by atoms with Crippen LogP contribution in [0.3, 0.4) is 0 Å². The molecule has 0 radical (unpaired) electrons. The fourth-order valence-corrected chi connectivity index (χ4v) is 6.14. The van der Waals surface area contributed by atoms with Gasteiger partial charge >= 0.3 is 0 Å². The molecule has 4 unspecified atom stereocenters. The SMILES string of the molecule is Cc1cc(Cc2cc(C)c(N(CC3CO3)CC3CO3)c(C(C)C)c2)cc(C(C)C)c1N(CC1CO1)CC1CO1.